The highest BCUT2D eigenvalue weighted by Crippen LogP contribution is 2.37. The van der Waals surface area contributed by atoms with Crippen molar-refractivity contribution >= 4 is 33.2 Å². The first-order valence-corrected chi connectivity index (χ1v) is 10.7. The van der Waals surface area contributed by atoms with E-state index < -0.39 is 16.1 Å². The minimum absolute atomic E-state index is 0.0990. The summed E-state index contributed by atoms with van der Waals surface area (Å²) in [5.74, 6) is 0.118. The fraction of sp³-hybridized carbons (Fsp3) is 0.316. The van der Waals surface area contributed by atoms with E-state index in [2.05, 4.69) is 0 Å². The van der Waals surface area contributed by atoms with Gasteiger partial charge in [0.1, 0.15) is 5.75 Å². The highest BCUT2D eigenvalue weighted by Gasteiger charge is 2.39. The summed E-state index contributed by atoms with van der Waals surface area (Å²) in [6, 6.07) is 12.8. The number of rotatable bonds is 3. The fourth-order valence-electron chi connectivity index (χ4n) is 3.28. The van der Waals surface area contributed by atoms with E-state index in [0.717, 1.165) is 0 Å². The van der Waals surface area contributed by atoms with Gasteiger partial charge in [-0.3, -0.25) is 9.10 Å². The van der Waals surface area contributed by atoms with E-state index >= 15 is 0 Å². The van der Waals surface area contributed by atoms with Gasteiger partial charge >= 0.3 is 0 Å². The molecule has 2 aromatic carbocycles. The van der Waals surface area contributed by atoms with Gasteiger partial charge in [0, 0.05) is 18.1 Å². The number of amides is 1. The number of benzene rings is 2. The van der Waals surface area contributed by atoms with Crippen molar-refractivity contribution < 1.29 is 22.7 Å². The summed E-state index contributed by atoms with van der Waals surface area (Å²) in [5, 5.41) is 0.446. The molecule has 4 rings (SSSR count). The number of halogens is 1. The SMILES string of the molecule is O=C([C@@H]1CN(S(=O)(=O)c2ccc(Cl)cc2)c2ccccc2O1)N1CCOCC1. The number of carbonyl (C=O) groups excluding carboxylic acids is 1. The fourth-order valence-corrected chi connectivity index (χ4v) is 4.88. The van der Waals surface area contributed by atoms with Gasteiger partial charge < -0.3 is 14.4 Å². The Kier molecular flexibility index (Phi) is 5.18. The maximum atomic E-state index is 13.3. The smallest absolute Gasteiger partial charge is 0.265 e. The molecule has 0 N–H and O–H groups in total. The Morgan fingerprint density at radius 3 is 2.43 bits per heavy atom. The van der Waals surface area contributed by atoms with Crippen molar-refractivity contribution in [2.45, 2.75) is 11.0 Å². The van der Waals surface area contributed by atoms with E-state index in [9.17, 15) is 13.2 Å². The zero-order valence-electron chi connectivity index (χ0n) is 15.0. The number of fused-ring (bicyclic) bond motifs is 1. The average Bonchev–Trinajstić information content (AvgIpc) is 2.73. The molecule has 7 nitrogen and oxygen atoms in total. The van der Waals surface area contributed by atoms with E-state index in [1.807, 2.05) is 0 Å². The van der Waals surface area contributed by atoms with Gasteiger partial charge in [-0.15, -0.1) is 0 Å². The van der Waals surface area contributed by atoms with Crippen molar-refractivity contribution in [2.24, 2.45) is 0 Å². The van der Waals surface area contributed by atoms with Crippen LogP contribution in [0.15, 0.2) is 53.4 Å². The van der Waals surface area contributed by atoms with Crippen molar-refractivity contribution in [1.29, 1.82) is 0 Å². The van der Waals surface area contributed by atoms with Crippen molar-refractivity contribution in [1.82, 2.24) is 4.90 Å². The molecule has 0 spiro atoms. The van der Waals surface area contributed by atoms with Crippen LogP contribution in [-0.2, 0) is 19.6 Å². The van der Waals surface area contributed by atoms with Crippen LogP contribution in [0, 0.1) is 0 Å². The summed E-state index contributed by atoms with van der Waals surface area (Å²) in [7, 11) is -3.89. The first-order valence-electron chi connectivity index (χ1n) is 8.87. The normalized spacial score (nSPS) is 19.7. The Labute approximate surface area is 168 Å². The summed E-state index contributed by atoms with van der Waals surface area (Å²) in [6.07, 6.45) is -0.921. The van der Waals surface area contributed by atoms with E-state index in [4.69, 9.17) is 21.1 Å². The highest BCUT2D eigenvalue weighted by atomic mass is 35.5. The number of hydrogen-bond donors (Lipinski definition) is 0. The lowest BCUT2D eigenvalue weighted by Crippen LogP contribution is -2.54. The molecule has 0 radical (unpaired) electrons. The van der Waals surface area contributed by atoms with Crippen LogP contribution in [0.4, 0.5) is 5.69 Å². The molecule has 0 unspecified atom stereocenters. The Hall–Kier alpha value is -2.29. The van der Waals surface area contributed by atoms with Crippen molar-refractivity contribution in [2.75, 3.05) is 37.2 Å². The predicted molar refractivity (Wildman–Crippen MR) is 104 cm³/mol. The number of morpholine rings is 1. The van der Waals surface area contributed by atoms with Gasteiger partial charge in [-0.2, -0.15) is 0 Å². The summed E-state index contributed by atoms with van der Waals surface area (Å²) in [5.41, 5.74) is 0.406. The molecule has 28 heavy (non-hydrogen) atoms. The minimum atomic E-state index is -3.89. The van der Waals surface area contributed by atoms with Crippen LogP contribution in [0.5, 0.6) is 5.75 Å². The molecule has 1 saturated heterocycles. The number of ether oxygens (including phenoxy) is 2. The maximum Gasteiger partial charge on any atom is 0.265 e. The van der Waals surface area contributed by atoms with E-state index in [1.165, 1.54) is 28.6 Å². The monoisotopic (exact) mass is 422 g/mol. The van der Waals surface area contributed by atoms with Crippen LogP contribution in [0.2, 0.25) is 5.02 Å². The number of carbonyl (C=O) groups is 1. The summed E-state index contributed by atoms with van der Waals surface area (Å²) in [4.78, 5) is 14.7. The summed E-state index contributed by atoms with van der Waals surface area (Å²) < 4.78 is 39.0. The summed E-state index contributed by atoms with van der Waals surface area (Å²) >= 11 is 5.89. The molecule has 0 saturated carbocycles. The van der Waals surface area contributed by atoms with E-state index in [0.29, 0.717) is 42.8 Å². The third-order valence-corrected chi connectivity index (χ3v) is 6.78. The zero-order valence-corrected chi connectivity index (χ0v) is 16.5. The average molecular weight is 423 g/mol. The second-order valence-electron chi connectivity index (χ2n) is 6.50. The van der Waals surface area contributed by atoms with Gasteiger partial charge in [0.2, 0.25) is 0 Å². The predicted octanol–water partition coefficient (Wildman–Crippen LogP) is 2.16. The number of hydrogen-bond acceptors (Lipinski definition) is 5. The van der Waals surface area contributed by atoms with Crippen molar-refractivity contribution in [3.8, 4) is 5.75 Å². The number of sulfonamides is 1. The molecular weight excluding hydrogens is 404 g/mol. The summed E-state index contributed by atoms with van der Waals surface area (Å²) in [6.45, 7) is 1.75. The lowest BCUT2D eigenvalue weighted by molar-refractivity contribution is -0.142. The van der Waals surface area contributed by atoms with Gasteiger partial charge in [-0.25, -0.2) is 8.42 Å². The van der Waals surface area contributed by atoms with E-state index in [1.54, 1.807) is 29.2 Å². The lowest BCUT2D eigenvalue weighted by Gasteiger charge is -2.37. The standard InChI is InChI=1S/C19H19ClN2O5S/c20-14-5-7-15(8-6-14)28(24,25)22-13-18(19(23)21-9-11-26-12-10-21)27-17-4-2-1-3-16(17)22/h1-8,18H,9-13H2/t18-/m0/s1. The maximum absolute atomic E-state index is 13.3. The molecule has 2 aromatic rings. The van der Waals surface area contributed by atoms with Crippen molar-refractivity contribution in [3.63, 3.8) is 0 Å². The minimum Gasteiger partial charge on any atom is -0.476 e. The molecule has 1 amide bonds. The number of para-hydroxylation sites is 2. The van der Waals surface area contributed by atoms with Gasteiger partial charge in [0.25, 0.3) is 15.9 Å². The molecule has 2 heterocycles. The Balaban J connectivity index is 1.69. The quantitative estimate of drug-likeness (QED) is 0.757. The molecule has 148 valence electrons. The first kappa shape index (κ1) is 19.0. The Morgan fingerprint density at radius 1 is 1.04 bits per heavy atom. The molecular formula is C19H19ClN2O5S. The van der Waals surface area contributed by atoms with Crippen LogP contribution >= 0.6 is 11.6 Å². The van der Waals surface area contributed by atoms with Gasteiger partial charge in [-0.05, 0) is 36.4 Å². The van der Waals surface area contributed by atoms with Gasteiger partial charge in [0.05, 0.1) is 30.3 Å². The zero-order chi connectivity index (χ0) is 19.7. The van der Waals surface area contributed by atoms with Crippen LogP contribution < -0.4 is 9.04 Å². The third kappa shape index (κ3) is 3.55. The molecule has 0 aliphatic carbocycles. The van der Waals surface area contributed by atoms with Gasteiger partial charge in [-0.1, -0.05) is 23.7 Å². The Bertz CT molecular complexity index is 974. The molecule has 2 aliphatic rings. The molecule has 0 bridgehead atoms. The molecule has 1 atom stereocenters. The van der Waals surface area contributed by atoms with Crippen LogP contribution in [-0.4, -0.2) is 58.2 Å². The second-order valence-corrected chi connectivity index (χ2v) is 8.80. The first-order chi connectivity index (χ1) is 13.5. The second kappa shape index (κ2) is 7.62. The molecule has 2 aliphatic heterocycles. The topological polar surface area (TPSA) is 76.2 Å². The van der Waals surface area contributed by atoms with Crippen LogP contribution in [0.3, 0.4) is 0 Å². The third-order valence-electron chi connectivity index (χ3n) is 4.73. The lowest BCUT2D eigenvalue weighted by atomic mass is 10.2. The Morgan fingerprint density at radius 2 is 1.71 bits per heavy atom. The number of anilines is 1. The van der Waals surface area contributed by atoms with Crippen LogP contribution in [0.25, 0.3) is 0 Å². The van der Waals surface area contributed by atoms with Crippen LogP contribution in [0.1, 0.15) is 0 Å². The molecule has 1 fully saturated rings. The molecule has 9 heteroatoms. The highest BCUT2D eigenvalue weighted by molar-refractivity contribution is 7.92. The van der Waals surface area contributed by atoms with Crippen molar-refractivity contribution in [3.05, 3.63) is 53.6 Å². The largest absolute Gasteiger partial charge is 0.476 e. The molecule has 0 aromatic heterocycles. The van der Waals surface area contributed by atoms with E-state index in [-0.39, 0.29) is 17.3 Å². The van der Waals surface area contributed by atoms with Gasteiger partial charge in [0.15, 0.2) is 6.10 Å². The number of nitrogens with zero attached hydrogens (tertiary/aromatic N) is 2.